The second-order valence-corrected chi connectivity index (χ2v) is 5.23. The van der Waals surface area contributed by atoms with Crippen LogP contribution in [0.25, 0.3) is 0 Å². The number of rotatable bonds is 4. The van der Waals surface area contributed by atoms with E-state index in [0.717, 1.165) is 19.6 Å². The number of hydrogen-bond donors (Lipinski definition) is 1. The van der Waals surface area contributed by atoms with Crippen molar-refractivity contribution in [1.82, 2.24) is 14.7 Å². The first kappa shape index (κ1) is 13.4. The summed E-state index contributed by atoms with van der Waals surface area (Å²) in [6.45, 7) is 5.38. The summed E-state index contributed by atoms with van der Waals surface area (Å²) < 4.78 is 1.23. The lowest BCUT2D eigenvalue weighted by Gasteiger charge is -2.22. The molecule has 0 bridgehead atoms. The third kappa shape index (κ3) is 3.03. The quantitative estimate of drug-likeness (QED) is 0.897. The van der Waals surface area contributed by atoms with E-state index in [1.807, 2.05) is 0 Å². The molecule has 1 aromatic heterocycles. The van der Waals surface area contributed by atoms with Crippen LogP contribution in [0.4, 0.5) is 5.69 Å². The molecule has 2 rings (SSSR count). The maximum absolute atomic E-state index is 11.6. The van der Waals surface area contributed by atoms with E-state index in [-0.39, 0.29) is 16.6 Å². The Bertz CT molecular complexity index is 468. The first-order valence-corrected chi connectivity index (χ1v) is 6.66. The molecule has 0 radical (unpaired) electrons. The van der Waals surface area contributed by atoms with Gasteiger partial charge in [-0.2, -0.15) is 5.10 Å². The maximum Gasteiger partial charge on any atom is 0.287 e. The molecule has 5 nitrogen and oxygen atoms in total. The molecule has 18 heavy (non-hydrogen) atoms. The molecule has 1 aliphatic rings. The van der Waals surface area contributed by atoms with Crippen molar-refractivity contribution in [3.05, 3.63) is 21.6 Å². The number of aromatic nitrogens is 2. The maximum atomic E-state index is 11.6. The molecule has 100 valence electrons. The zero-order valence-electron chi connectivity index (χ0n) is 10.8. The molecule has 2 heterocycles. The van der Waals surface area contributed by atoms with Crippen LogP contribution in [-0.2, 0) is 7.05 Å². The van der Waals surface area contributed by atoms with Crippen molar-refractivity contribution in [1.29, 1.82) is 0 Å². The molecule has 0 aliphatic carbocycles. The van der Waals surface area contributed by atoms with Crippen LogP contribution >= 0.6 is 11.6 Å². The van der Waals surface area contributed by atoms with Crippen LogP contribution < -0.4 is 10.9 Å². The molecule has 0 aromatic carbocycles. The lowest BCUT2D eigenvalue weighted by Crippen LogP contribution is -2.33. The van der Waals surface area contributed by atoms with Gasteiger partial charge < -0.3 is 10.2 Å². The molecule has 1 atom stereocenters. The van der Waals surface area contributed by atoms with Crippen LogP contribution in [0.3, 0.4) is 0 Å². The van der Waals surface area contributed by atoms with Crippen LogP contribution in [0.15, 0.2) is 11.0 Å². The summed E-state index contributed by atoms with van der Waals surface area (Å²) in [5.74, 6) is 0. The van der Waals surface area contributed by atoms with Gasteiger partial charge in [-0.25, -0.2) is 4.68 Å². The number of anilines is 1. The fraction of sp³-hybridized carbons (Fsp3) is 0.667. The zero-order chi connectivity index (χ0) is 13.1. The Hall–Kier alpha value is -1.07. The highest BCUT2D eigenvalue weighted by Gasteiger charge is 2.16. The fourth-order valence-corrected chi connectivity index (χ4v) is 2.50. The van der Waals surface area contributed by atoms with E-state index in [1.165, 1.54) is 17.5 Å². The smallest absolute Gasteiger partial charge is 0.287 e. The molecule has 1 unspecified atom stereocenters. The molecule has 1 N–H and O–H groups in total. The van der Waals surface area contributed by atoms with Crippen LogP contribution in [0.1, 0.15) is 19.8 Å². The van der Waals surface area contributed by atoms with Gasteiger partial charge in [-0.3, -0.25) is 4.79 Å². The van der Waals surface area contributed by atoms with Crippen LogP contribution in [0.2, 0.25) is 5.02 Å². The van der Waals surface area contributed by atoms with E-state index >= 15 is 0 Å². The Kier molecular flexibility index (Phi) is 4.24. The van der Waals surface area contributed by atoms with Gasteiger partial charge in [0.2, 0.25) is 0 Å². The molecule has 0 amide bonds. The molecule has 0 spiro atoms. The number of hydrogen-bond acceptors (Lipinski definition) is 4. The molecular weight excluding hydrogens is 252 g/mol. The number of nitrogens with zero attached hydrogens (tertiary/aromatic N) is 3. The number of likely N-dealkylation sites (tertiary alicyclic amines) is 1. The van der Waals surface area contributed by atoms with Crippen LogP contribution in [0, 0.1) is 0 Å². The zero-order valence-corrected chi connectivity index (χ0v) is 11.6. The standard InChI is InChI=1S/C12H19ClN4O/c1-9(8-17-5-3-4-6-17)15-10-7-14-16(2)12(18)11(10)13/h7,9,15H,3-6,8H2,1-2H3. The van der Waals surface area contributed by atoms with Crippen LogP contribution in [0.5, 0.6) is 0 Å². The molecule has 6 heteroatoms. The second-order valence-electron chi connectivity index (χ2n) is 4.85. The van der Waals surface area contributed by atoms with Gasteiger partial charge in [0.15, 0.2) is 0 Å². The van der Waals surface area contributed by atoms with Crippen molar-refractivity contribution in [2.24, 2.45) is 7.05 Å². The van der Waals surface area contributed by atoms with Crippen molar-refractivity contribution in [2.45, 2.75) is 25.8 Å². The molecular formula is C12H19ClN4O. The summed E-state index contributed by atoms with van der Waals surface area (Å²) in [5.41, 5.74) is 0.349. The van der Waals surface area contributed by atoms with Crippen molar-refractivity contribution in [2.75, 3.05) is 25.0 Å². The summed E-state index contributed by atoms with van der Waals surface area (Å²) >= 11 is 6.01. The van der Waals surface area contributed by atoms with Gasteiger partial charge in [0.05, 0.1) is 11.9 Å². The summed E-state index contributed by atoms with van der Waals surface area (Å²) in [6, 6.07) is 0.245. The highest BCUT2D eigenvalue weighted by Crippen LogP contribution is 2.17. The highest BCUT2D eigenvalue weighted by molar-refractivity contribution is 6.32. The van der Waals surface area contributed by atoms with Gasteiger partial charge in [0, 0.05) is 19.6 Å². The first-order chi connectivity index (χ1) is 8.58. The van der Waals surface area contributed by atoms with Crippen LogP contribution in [-0.4, -0.2) is 40.4 Å². The van der Waals surface area contributed by atoms with Crippen molar-refractivity contribution >= 4 is 17.3 Å². The molecule has 1 aromatic rings. The summed E-state index contributed by atoms with van der Waals surface area (Å²) in [4.78, 5) is 14.1. The molecule has 0 saturated carbocycles. The third-order valence-electron chi connectivity index (χ3n) is 3.21. The highest BCUT2D eigenvalue weighted by atomic mass is 35.5. The molecule has 1 aliphatic heterocycles. The van der Waals surface area contributed by atoms with Gasteiger partial charge in [0.25, 0.3) is 5.56 Å². The van der Waals surface area contributed by atoms with E-state index in [4.69, 9.17) is 11.6 Å². The van der Waals surface area contributed by atoms with E-state index < -0.39 is 0 Å². The Morgan fingerprint density at radius 3 is 2.83 bits per heavy atom. The third-order valence-corrected chi connectivity index (χ3v) is 3.58. The monoisotopic (exact) mass is 270 g/mol. The van der Waals surface area contributed by atoms with E-state index in [2.05, 4.69) is 22.2 Å². The molecule has 1 fully saturated rings. The normalized spacial score (nSPS) is 17.9. The van der Waals surface area contributed by atoms with Gasteiger partial charge in [-0.05, 0) is 32.9 Å². The summed E-state index contributed by atoms with van der Waals surface area (Å²) in [6.07, 6.45) is 4.16. The molecule has 1 saturated heterocycles. The minimum absolute atomic E-state index is 0.209. The minimum atomic E-state index is -0.268. The van der Waals surface area contributed by atoms with Crippen molar-refractivity contribution in [3.8, 4) is 0 Å². The Labute approximate surface area is 112 Å². The Morgan fingerprint density at radius 1 is 1.50 bits per heavy atom. The average molecular weight is 271 g/mol. The van der Waals surface area contributed by atoms with Gasteiger partial charge in [-0.15, -0.1) is 0 Å². The lowest BCUT2D eigenvalue weighted by atomic mass is 10.3. The second kappa shape index (κ2) is 5.71. The topological polar surface area (TPSA) is 50.2 Å². The lowest BCUT2D eigenvalue weighted by molar-refractivity contribution is 0.328. The number of halogens is 1. The Balaban J connectivity index is 2.00. The summed E-state index contributed by atoms with van der Waals surface area (Å²) in [7, 11) is 1.59. The SMILES string of the molecule is CC(CN1CCCC1)Nc1cnn(C)c(=O)c1Cl. The largest absolute Gasteiger partial charge is 0.379 e. The van der Waals surface area contributed by atoms with Crippen molar-refractivity contribution in [3.63, 3.8) is 0 Å². The number of nitrogens with one attached hydrogen (secondary N) is 1. The predicted molar refractivity (Wildman–Crippen MR) is 73.2 cm³/mol. The van der Waals surface area contributed by atoms with Gasteiger partial charge in [-0.1, -0.05) is 11.6 Å². The summed E-state index contributed by atoms with van der Waals surface area (Å²) in [5, 5.41) is 7.43. The van der Waals surface area contributed by atoms with E-state index in [0.29, 0.717) is 5.69 Å². The van der Waals surface area contributed by atoms with Gasteiger partial charge in [0.1, 0.15) is 5.02 Å². The Morgan fingerprint density at radius 2 is 2.17 bits per heavy atom. The number of aryl methyl sites for hydroxylation is 1. The van der Waals surface area contributed by atoms with E-state index in [9.17, 15) is 4.79 Å². The first-order valence-electron chi connectivity index (χ1n) is 6.28. The predicted octanol–water partition coefficient (Wildman–Crippen LogP) is 1.33. The average Bonchev–Trinajstić information content (AvgIpc) is 2.83. The van der Waals surface area contributed by atoms with Crippen molar-refractivity contribution < 1.29 is 0 Å². The minimum Gasteiger partial charge on any atom is -0.379 e. The van der Waals surface area contributed by atoms with Gasteiger partial charge >= 0.3 is 0 Å². The van der Waals surface area contributed by atoms with E-state index in [1.54, 1.807) is 13.2 Å². The fourth-order valence-electron chi connectivity index (χ4n) is 2.27.